The smallest absolute Gasteiger partial charge is 0.233 e. The van der Waals surface area contributed by atoms with Gasteiger partial charge in [-0.05, 0) is 43.9 Å². The van der Waals surface area contributed by atoms with Crippen LogP contribution in [0.5, 0.6) is 0 Å². The first-order chi connectivity index (χ1) is 9.34. The average Bonchev–Trinajstić information content (AvgIpc) is 3.24. The molecule has 0 aromatic heterocycles. The second-order valence-corrected chi connectivity index (χ2v) is 5.07. The molecule has 1 fully saturated rings. The first-order valence-corrected chi connectivity index (χ1v) is 7.11. The Balaban J connectivity index is 1.43. The zero-order valence-electron chi connectivity index (χ0n) is 11.3. The number of hydrogen-bond donors (Lipinski definition) is 3. The molecule has 0 aliphatic heterocycles. The van der Waals surface area contributed by atoms with Gasteiger partial charge in [0.25, 0.3) is 0 Å². The van der Waals surface area contributed by atoms with Crippen LogP contribution in [0.15, 0.2) is 30.3 Å². The number of benzene rings is 1. The summed E-state index contributed by atoms with van der Waals surface area (Å²) in [6.45, 7) is 3.04. The summed E-state index contributed by atoms with van der Waals surface area (Å²) in [6, 6.07) is 10.1. The van der Waals surface area contributed by atoms with E-state index in [-0.39, 0.29) is 5.91 Å². The summed E-state index contributed by atoms with van der Waals surface area (Å²) in [7, 11) is 0. The Morgan fingerprint density at radius 2 is 1.95 bits per heavy atom. The molecule has 1 aromatic rings. The summed E-state index contributed by atoms with van der Waals surface area (Å²) >= 11 is 0. The van der Waals surface area contributed by atoms with Crippen molar-refractivity contribution in [1.29, 1.82) is 0 Å². The predicted octanol–water partition coefficient (Wildman–Crippen LogP) is 1.60. The number of amides is 1. The molecular weight excluding hydrogens is 238 g/mol. The van der Waals surface area contributed by atoms with Gasteiger partial charge in [-0.25, -0.2) is 0 Å². The Bertz CT molecular complexity index is 376. The molecule has 0 unspecified atom stereocenters. The van der Waals surface area contributed by atoms with Crippen LogP contribution in [-0.4, -0.2) is 32.1 Å². The van der Waals surface area contributed by atoms with Crippen LogP contribution >= 0.6 is 0 Å². The second-order valence-electron chi connectivity index (χ2n) is 5.07. The van der Waals surface area contributed by atoms with E-state index < -0.39 is 0 Å². The van der Waals surface area contributed by atoms with Crippen molar-refractivity contribution < 1.29 is 4.79 Å². The molecule has 1 aliphatic carbocycles. The summed E-state index contributed by atoms with van der Waals surface area (Å²) in [5.41, 5.74) is 1.12. The standard InChI is InChI=1S/C15H23N3O/c19-15(12-16-11-13-7-8-13)18-10-4-9-17-14-5-2-1-3-6-14/h1-3,5-6,13,16-17H,4,7-12H2,(H,18,19). The van der Waals surface area contributed by atoms with E-state index in [1.807, 2.05) is 30.3 Å². The van der Waals surface area contributed by atoms with Gasteiger partial charge in [-0.15, -0.1) is 0 Å². The van der Waals surface area contributed by atoms with Crippen molar-refractivity contribution in [3.63, 3.8) is 0 Å². The maximum atomic E-state index is 11.5. The number of para-hydroxylation sites is 1. The molecule has 0 heterocycles. The van der Waals surface area contributed by atoms with E-state index in [4.69, 9.17) is 0 Å². The number of anilines is 1. The molecule has 2 rings (SSSR count). The Morgan fingerprint density at radius 3 is 2.68 bits per heavy atom. The molecule has 0 atom stereocenters. The summed E-state index contributed by atoms with van der Waals surface area (Å²) in [6.07, 6.45) is 3.57. The van der Waals surface area contributed by atoms with E-state index in [0.29, 0.717) is 6.54 Å². The van der Waals surface area contributed by atoms with Crippen LogP contribution in [0, 0.1) is 5.92 Å². The van der Waals surface area contributed by atoms with E-state index in [1.54, 1.807) is 0 Å². The highest BCUT2D eigenvalue weighted by Gasteiger charge is 2.20. The molecule has 1 aliphatic rings. The highest BCUT2D eigenvalue weighted by atomic mass is 16.1. The molecule has 0 spiro atoms. The van der Waals surface area contributed by atoms with E-state index in [1.165, 1.54) is 12.8 Å². The van der Waals surface area contributed by atoms with E-state index >= 15 is 0 Å². The van der Waals surface area contributed by atoms with Gasteiger partial charge in [0.1, 0.15) is 0 Å². The Morgan fingerprint density at radius 1 is 1.16 bits per heavy atom. The molecule has 0 bridgehead atoms. The van der Waals surface area contributed by atoms with Crippen LogP contribution in [0.25, 0.3) is 0 Å². The van der Waals surface area contributed by atoms with Gasteiger partial charge < -0.3 is 16.0 Å². The molecule has 4 heteroatoms. The van der Waals surface area contributed by atoms with Gasteiger partial charge in [0.05, 0.1) is 6.54 Å². The van der Waals surface area contributed by atoms with Crippen molar-refractivity contribution in [2.45, 2.75) is 19.3 Å². The molecule has 1 amide bonds. The molecule has 1 aromatic carbocycles. The Labute approximate surface area is 115 Å². The van der Waals surface area contributed by atoms with Gasteiger partial charge in [-0.2, -0.15) is 0 Å². The molecule has 104 valence electrons. The number of rotatable bonds is 9. The fraction of sp³-hybridized carbons (Fsp3) is 0.533. The van der Waals surface area contributed by atoms with Gasteiger partial charge in [-0.3, -0.25) is 4.79 Å². The van der Waals surface area contributed by atoms with Crippen LogP contribution in [0.2, 0.25) is 0 Å². The van der Waals surface area contributed by atoms with Crippen LogP contribution in [0.4, 0.5) is 5.69 Å². The van der Waals surface area contributed by atoms with Crippen LogP contribution in [-0.2, 0) is 4.79 Å². The normalized spacial score (nSPS) is 14.1. The predicted molar refractivity (Wildman–Crippen MR) is 78.2 cm³/mol. The SMILES string of the molecule is O=C(CNCC1CC1)NCCCNc1ccccc1. The highest BCUT2D eigenvalue weighted by molar-refractivity contribution is 5.77. The molecule has 19 heavy (non-hydrogen) atoms. The lowest BCUT2D eigenvalue weighted by molar-refractivity contribution is -0.120. The average molecular weight is 261 g/mol. The highest BCUT2D eigenvalue weighted by Crippen LogP contribution is 2.27. The van der Waals surface area contributed by atoms with Crippen LogP contribution in [0.1, 0.15) is 19.3 Å². The third-order valence-electron chi connectivity index (χ3n) is 3.19. The first-order valence-electron chi connectivity index (χ1n) is 7.11. The van der Waals surface area contributed by atoms with E-state index in [2.05, 4.69) is 16.0 Å². The quantitative estimate of drug-likeness (QED) is 0.592. The van der Waals surface area contributed by atoms with Crippen molar-refractivity contribution in [2.24, 2.45) is 5.92 Å². The maximum absolute atomic E-state index is 11.5. The number of nitrogens with one attached hydrogen (secondary N) is 3. The van der Waals surface area contributed by atoms with Crippen molar-refractivity contribution in [3.05, 3.63) is 30.3 Å². The van der Waals surface area contributed by atoms with Gasteiger partial charge >= 0.3 is 0 Å². The lowest BCUT2D eigenvalue weighted by Crippen LogP contribution is -2.35. The minimum Gasteiger partial charge on any atom is -0.385 e. The van der Waals surface area contributed by atoms with Crippen molar-refractivity contribution in [1.82, 2.24) is 10.6 Å². The number of carbonyl (C=O) groups excluding carboxylic acids is 1. The molecule has 0 radical (unpaired) electrons. The second kappa shape index (κ2) is 7.79. The largest absolute Gasteiger partial charge is 0.385 e. The number of carbonyl (C=O) groups is 1. The van der Waals surface area contributed by atoms with E-state index in [9.17, 15) is 4.79 Å². The van der Waals surface area contributed by atoms with Crippen molar-refractivity contribution in [3.8, 4) is 0 Å². The van der Waals surface area contributed by atoms with Gasteiger partial charge in [0.2, 0.25) is 5.91 Å². The molecule has 3 N–H and O–H groups in total. The summed E-state index contributed by atoms with van der Waals surface area (Å²) in [5.74, 6) is 0.920. The zero-order chi connectivity index (χ0) is 13.3. The molecule has 1 saturated carbocycles. The monoisotopic (exact) mass is 261 g/mol. The van der Waals surface area contributed by atoms with Gasteiger partial charge in [0, 0.05) is 18.8 Å². The minimum absolute atomic E-state index is 0.0976. The van der Waals surface area contributed by atoms with Crippen molar-refractivity contribution in [2.75, 3.05) is 31.5 Å². The zero-order valence-corrected chi connectivity index (χ0v) is 11.3. The lowest BCUT2D eigenvalue weighted by atomic mass is 10.3. The molecular formula is C15H23N3O. The minimum atomic E-state index is 0.0976. The topological polar surface area (TPSA) is 53.2 Å². The van der Waals surface area contributed by atoms with Crippen molar-refractivity contribution >= 4 is 11.6 Å². The Kier molecular flexibility index (Phi) is 5.69. The molecule has 0 saturated heterocycles. The third-order valence-corrected chi connectivity index (χ3v) is 3.19. The van der Waals surface area contributed by atoms with Crippen LogP contribution in [0.3, 0.4) is 0 Å². The summed E-state index contributed by atoms with van der Waals surface area (Å²) in [5, 5.41) is 9.43. The van der Waals surface area contributed by atoms with Crippen LogP contribution < -0.4 is 16.0 Å². The maximum Gasteiger partial charge on any atom is 0.233 e. The van der Waals surface area contributed by atoms with Gasteiger partial charge in [-0.1, -0.05) is 18.2 Å². The fourth-order valence-electron chi connectivity index (χ4n) is 1.88. The summed E-state index contributed by atoms with van der Waals surface area (Å²) in [4.78, 5) is 11.5. The van der Waals surface area contributed by atoms with E-state index in [0.717, 1.165) is 37.7 Å². The molecule has 4 nitrogen and oxygen atoms in total. The fourth-order valence-corrected chi connectivity index (χ4v) is 1.88. The third kappa shape index (κ3) is 6.25. The Hall–Kier alpha value is -1.55. The number of hydrogen-bond acceptors (Lipinski definition) is 3. The lowest BCUT2D eigenvalue weighted by Gasteiger charge is -2.08. The first kappa shape index (κ1) is 13.9. The summed E-state index contributed by atoms with van der Waals surface area (Å²) < 4.78 is 0. The van der Waals surface area contributed by atoms with Gasteiger partial charge in [0.15, 0.2) is 0 Å².